The Kier molecular flexibility index (Phi) is 5.64. The topological polar surface area (TPSA) is 116 Å². The lowest BCUT2D eigenvalue weighted by molar-refractivity contribution is 0.0731. The number of carbonyl (C=O) groups excluding carboxylic acids is 1. The fourth-order valence-electron chi connectivity index (χ4n) is 3.74. The molecule has 3 aromatic rings. The van der Waals surface area contributed by atoms with Gasteiger partial charge in [-0.2, -0.15) is 0 Å². The SMILES string of the molecule is CCc1c(C(=O)N2CCOc3ccc(-c4cnc(N)o4)cc3C2)ccc(S(C)(=O)=O)c1F. The first-order valence-corrected chi connectivity index (χ1v) is 11.9. The van der Waals surface area contributed by atoms with E-state index in [0.717, 1.165) is 23.4 Å². The second-order valence-electron chi connectivity index (χ2n) is 7.49. The van der Waals surface area contributed by atoms with Crippen LogP contribution in [0, 0.1) is 5.82 Å². The molecule has 0 radical (unpaired) electrons. The number of halogens is 1. The number of aromatic nitrogens is 1. The quantitative estimate of drug-likeness (QED) is 0.637. The number of oxazole rings is 1. The van der Waals surface area contributed by atoms with Crippen molar-refractivity contribution in [1.29, 1.82) is 0 Å². The van der Waals surface area contributed by atoms with Crippen molar-refractivity contribution in [2.45, 2.75) is 24.8 Å². The Morgan fingerprint density at radius 3 is 2.72 bits per heavy atom. The molecule has 0 atom stereocenters. The number of sulfone groups is 1. The van der Waals surface area contributed by atoms with E-state index in [-0.39, 0.29) is 43.3 Å². The molecule has 0 bridgehead atoms. The second kappa shape index (κ2) is 8.27. The molecule has 2 heterocycles. The Labute approximate surface area is 184 Å². The van der Waals surface area contributed by atoms with E-state index in [2.05, 4.69) is 4.98 Å². The number of ether oxygens (including phenoxy) is 1. The molecule has 4 rings (SSSR count). The van der Waals surface area contributed by atoms with E-state index in [1.165, 1.54) is 12.3 Å². The van der Waals surface area contributed by atoms with Crippen LogP contribution in [0.2, 0.25) is 0 Å². The second-order valence-corrected chi connectivity index (χ2v) is 9.47. The largest absolute Gasteiger partial charge is 0.491 e. The zero-order chi connectivity index (χ0) is 23.0. The molecule has 0 unspecified atom stereocenters. The van der Waals surface area contributed by atoms with Gasteiger partial charge in [0.25, 0.3) is 11.9 Å². The normalized spacial score (nSPS) is 13.9. The van der Waals surface area contributed by atoms with Crippen molar-refractivity contribution >= 4 is 21.8 Å². The molecule has 0 aliphatic carbocycles. The Morgan fingerprint density at radius 2 is 2.06 bits per heavy atom. The van der Waals surface area contributed by atoms with Crippen LogP contribution in [0.3, 0.4) is 0 Å². The van der Waals surface area contributed by atoms with E-state index in [0.29, 0.717) is 11.5 Å². The van der Waals surface area contributed by atoms with Crippen LogP contribution >= 0.6 is 0 Å². The van der Waals surface area contributed by atoms with Gasteiger partial charge >= 0.3 is 0 Å². The van der Waals surface area contributed by atoms with Gasteiger partial charge in [-0.3, -0.25) is 4.79 Å². The van der Waals surface area contributed by atoms with Gasteiger partial charge in [0.2, 0.25) is 0 Å². The summed E-state index contributed by atoms with van der Waals surface area (Å²) in [6.07, 6.45) is 2.63. The number of hydrogen-bond acceptors (Lipinski definition) is 7. The zero-order valence-corrected chi connectivity index (χ0v) is 18.4. The number of nitrogens with two attached hydrogens (primary N) is 1. The summed E-state index contributed by atoms with van der Waals surface area (Å²) >= 11 is 0. The van der Waals surface area contributed by atoms with Crippen molar-refractivity contribution in [2.24, 2.45) is 0 Å². The van der Waals surface area contributed by atoms with Crippen LogP contribution in [0.5, 0.6) is 5.75 Å². The molecule has 0 saturated heterocycles. The smallest absolute Gasteiger partial charge is 0.292 e. The Morgan fingerprint density at radius 1 is 1.28 bits per heavy atom. The monoisotopic (exact) mass is 459 g/mol. The minimum Gasteiger partial charge on any atom is -0.491 e. The molecule has 10 heteroatoms. The van der Waals surface area contributed by atoms with E-state index < -0.39 is 26.5 Å². The maximum absolute atomic E-state index is 14.9. The first kappa shape index (κ1) is 21.8. The molecule has 0 spiro atoms. The number of nitrogen functional groups attached to an aromatic ring is 1. The molecule has 1 aromatic heterocycles. The summed E-state index contributed by atoms with van der Waals surface area (Å²) in [5.74, 6) is -0.158. The third-order valence-corrected chi connectivity index (χ3v) is 6.44. The Bertz CT molecular complexity index is 1300. The summed E-state index contributed by atoms with van der Waals surface area (Å²) in [5, 5.41) is 0. The van der Waals surface area contributed by atoms with Crippen molar-refractivity contribution in [2.75, 3.05) is 25.1 Å². The molecule has 0 saturated carbocycles. The number of rotatable bonds is 4. The van der Waals surface area contributed by atoms with Gasteiger partial charge in [-0.25, -0.2) is 17.8 Å². The Balaban J connectivity index is 1.68. The van der Waals surface area contributed by atoms with E-state index in [4.69, 9.17) is 14.9 Å². The van der Waals surface area contributed by atoms with E-state index in [1.54, 1.807) is 17.9 Å². The summed E-state index contributed by atoms with van der Waals surface area (Å²) in [6.45, 7) is 2.46. The van der Waals surface area contributed by atoms with Crippen LogP contribution in [-0.2, 0) is 22.8 Å². The highest BCUT2D eigenvalue weighted by molar-refractivity contribution is 7.90. The van der Waals surface area contributed by atoms with Gasteiger partial charge in [0.15, 0.2) is 15.6 Å². The molecule has 168 valence electrons. The molecule has 1 aliphatic rings. The summed E-state index contributed by atoms with van der Waals surface area (Å²) in [4.78, 5) is 18.4. The van der Waals surface area contributed by atoms with Crippen molar-refractivity contribution in [3.63, 3.8) is 0 Å². The molecule has 1 amide bonds. The van der Waals surface area contributed by atoms with Crippen LogP contribution < -0.4 is 10.5 Å². The van der Waals surface area contributed by atoms with Crippen LogP contribution in [0.25, 0.3) is 11.3 Å². The first-order valence-electron chi connectivity index (χ1n) is 9.97. The van der Waals surface area contributed by atoms with Gasteiger partial charge in [0.1, 0.15) is 23.1 Å². The van der Waals surface area contributed by atoms with Gasteiger partial charge in [-0.15, -0.1) is 0 Å². The minimum atomic E-state index is -3.75. The van der Waals surface area contributed by atoms with Gasteiger partial charge in [-0.05, 0) is 36.8 Å². The average molecular weight is 459 g/mol. The highest BCUT2D eigenvalue weighted by atomic mass is 32.2. The molecular weight excluding hydrogens is 437 g/mol. The molecule has 2 N–H and O–H groups in total. The molecule has 8 nitrogen and oxygen atoms in total. The summed E-state index contributed by atoms with van der Waals surface area (Å²) in [6, 6.07) is 8.00. The first-order chi connectivity index (χ1) is 15.2. The van der Waals surface area contributed by atoms with E-state index >= 15 is 0 Å². The van der Waals surface area contributed by atoms with Crippen molar-refractivity contribution < 1.29 is 26.8 Å². The average Bonchev–Trinajstić information content (AvgIpc) is 3.06. The molecule has 2 aromatic carbocycles. The third kappa shape index (κ3) is 4.05. The lowest BCUT2D eigenvalue weighted by Gasteiger charge is -2.22. The summed E-state index contributed by atoms with van der Waals surface area (Å²) < 4.78 is 49.8. The van der Waals surface area contributed by atoms with Crippen molar-refractivity contribution in [3.05, 3.63) is 59.0 Å². The molecule has 32 heavy (non-hydrogen) atoms. The molecular formula is C22H22FN3O5S. The molecule has 0 fully saturated rings. The Hall–Kier alpha value is -3.40. The van der Waals surface area contributed by atoms with Crippen LogP contribution in [-0.4, -0.2) is 43.6 Å². The number of amides is 1. The van der Waals surface area contributed by atoms with Crippen LogP contribution in [0.15, 0.2) is 45.8 Å². The number of anilines is 1. The van der Waals surface area contributed by atoms with E-state index in [1.807, 2.05) is 12.1 Å². The summed E-state index contributed by atoms with van der Waals surface area (Å²) in [5.41, 5.74) is 7.25. The van der Waals surface area contributed by atoms with Gasteiger partial charge < -0.3 is 19.8 Å². The lowest BCUT2D eigenvalue weighted by atomic mass is 10.0. The van der Waals surface area contributed by atoms with Crippen LogP contribution in [0.4, 0.5) is 10.4 Å². The maximum Gasteiger partial charge on any atom is 0.292 e. The zero-order valence-electron chi connectivity index (χ0n) is 17.6. The fraction of sp³-hybridized carbons (Fsp3) is 0.273. The highest BCUT2D eigenvalue weighted by Crippen LogP contribution is 2.31. The fourth-order valence-corrected chi connectivity index (χ4v) is 4.51. The lowest BCUT2D eigenvalue weighted by Crippen LogP contribution is -2.33. The number of nitrogens with zero attached hydrogens (tertiary/aromatic N) is 2. The maximum atomic E-state index is 14.9. The number of carbonyl (C=O) groups is 1. The van der Waals surface area contributed by atoms with Gasteiger partial charge in [0, 0.05) is 35.1 Å². The number of hydrogen-bond donors (Lipinski definition) is 1. The van der Waals surface area contributed by atoms with E-state index in [9.17, 15) is 17.6 Å². The standard InChI is InChI=1S/C22H22FN3O5S/c1-3-15-16(5-7-19(20(15)23)32(2,28)29)21(27)26-8-9-30-17-6-4-13(10-14(17)12-26)18-11-25-22(24)31-18/h4-7,10-11H,3,8-9,12H2,1-2H3,(H2,24,25). The van der Waals surface area contributed by atoms with Gasteiger partial charge in [0.05, 0.1) is 12.7 Å². The predicted octanol–water partition coefficient (Wildman–Crippen LogP) is 3.06. The van der Waals surface area contributed by atoms with Crippen molar-refractivity contribution in [1.82, 2.24) is 9.88 Å². The predicted molar refractivity (Wildman–Crippen MR) is 115 cm³/mol. The van der Waals surface area contributed by atoms with Gasteiger partial charge in [-0.1, -0.05) is 6.92 Å². The number of benzene rings is 2. The number of fused-ring (bicyclic) bond motifs is 1. The third-order valence-electron chi connectivity index (χ3n) is 5.33. The molecule has 1 aliphatic heterocycles. The highest BCUT2D eigenvalue weighted by Gasteiger charge is 2.27. The minimum absolute atomic E-state index is 0.0506. The van der Waals surface area contributed by atoms with Crippen molar-refractivity contribution in [3.8, 4) is 17.1 Å². The summed E-state index contributed by atoms with van der Waals surface area (Å²) in [7, 11) is -3.75. The van der Waals surface area contributed by atoms with Crippen LogP contribution in [0.1, 0.15) is 28.4 Å².